The van der Waals surface area contributed by atoms with Crippen molar-refractivity contribution in [1.82, 2.24) is 15.8 Å². The van der Waals surface area contributed by atoms with Gasteiger partial charge in [-0.3, -0.25) is 4.79 Å². The summed E-state index contributed by atoms with van der Waals surface area (Å²) in [4.78, 5) is 11.6. The first kappa shape index (κ1) is 17.9. The van der Waals surface area contributed by atoms with Crippen molar-refractivity contribution in [3.05, 3.63) is 17.0 Å². The largest absolute Gasteiger partial charge is 0.361 e. The maximum atomic E-state index is 11.6. The fraction of sp³-hybridized carbons (Fsp3) is 0.692. The van der Waals surface area contributed by atoms with Crippen molar-refractivity contribution in [3.8, 4) is 0 Å². The number of rotatable bonds is 8. The van der Waals surface area contributed by atoms with E-state index in [2.05, 4.69) is 15.8 Å². The Bertz CT molecular complexity index is 358. The Morgan fingerprint density at radius 1 is 1.32 bits per heavy atom. The third-order valence-electron chi connectivity index (χ3n) is 2.90. The van der Waals surface area contributed by atoms with Gasteiger partial charge in [0.05, 0.1) is 5.69 Å². The van der Waals surface area contributed by atoms with Crippen LogP contribution in [0.2, 0.25) is 0 Å². The van der Waals surface area contributed by atoms with E-state index < -0.39 is 0 Å². The van der Waals surface area contributed by atoms with Crippen LogP contribution in [0, 0.1) is 0 Å². The minimum absolute atomic E-state index is 0. The molecule has 0 unspecified atom stereocenters. The molecule has 0 radical (unpaired) electrons. The number of carbonyl (C=O) groups is 1. The number of nitrogens with zero attached hydrogens (tertiary/aromatic N) is 1. The number of hydrogen-bond donors (Lipinski definition) is 2. The van der Waals surface area contributed by atoms with Crippen molar-refractivity contribution in [3.63, 3.8) is 0 Å². The van der Waals surface area contributed by atoms with Gasteiger partial charge in [-0.1, -0.05) is 19.0 Å². The summed E-state index contributed by atoms with van der Waals surface area (Å²) >= 11 is 0. The Morgan fingerprint density at radius 3 is 2.63 bits per heavy atom. The molecule has 1 rings (SSSR count). The van der Waals surface area contributed by atoms with Gasteiger partial charge < -0.3 is 15.2 Å². The third-order valence-corrected chi connectivity index (χ3v) is 2.90. The minimum Gasteiger partial charge on any atom is -0.361 e. The summed E-state index contributed by atoms with van der Waals surface area (Å²) in [5.41, 5.74) is 1.99. The topological polar surface area (TPSA) is 67.2 Å². The van der Waals surface area contributed by atoms with E-state index in [9.17, 15) is 4.79 Å². The first-order chi connectivity index (χ1) is 8.72. The normalized spacial score (nSPS) is 10.1. The third kappa shape index (κ3) is 5.61. The Balaban J connectivity index is 0.00000324. The number of amides is 1. The lowest BCUT2D eigenvalue weighted by Gasteiger charge is -2.05. The highest BCUT2D eigenvalue weighted by atomic mass is 35.5. The zero-order chi connectivity index (χ0) is 13.4. The number of halogens is 1. The van der Waals surface area contributed by atoms with Gasteiger partial charge in [0.1, 0.15) is 5.76 Å². The van der Waals surface area contributed by atoms with Crippen molar-refractivity contribution in [2.45, 2.75) is 46.1 Å². The van der Waals surface area contributed by atoms with Crippen molar-refractivity contribution in [1.29, 1.82) is 0 Å². The van der Waals surface area contributed by atoms with E-state index in [0.29, 0.717) is 13.0 Å². The molecule has 1 amide bonds. The fourth-order valence-electron chi connectivity index (χ4n) is 1.84. The predicted octanol–water partition coefficient (Wildman–Crippen LogP) is 1.84. The molecular formula is C13H24ClN3O2. The second-order valence-corrected chi connectivity index (χ2v) is 4.22. The van der Waals surface area contributed by atoms with Gasteiger partial charge in [-0.05, 0) is 26.4 Å². The second-order valence-electron chi connectivity index (χ2n) is 4.22. The van der Waals surface area contributed by atoms with Gasteiger partial charge >= 0.3 is 0 Å². The Labute approximate surface area is 120 Å². The van der Waals surface area contributed by atoms with Gasteiger partial charge in [0.15, 0.2) is 0 Å². The fourth-order valence-corrected chi connectivity index (χ4v) is 1.84. The lowest BCUT2D eigenvalue weighted by Crippen LogP contribution is -2.24. The molecule has 0 aliphatic rings. The molecule has 5 nitrogen and oxygen atoms in total. The highest BCUT2D eigenvalue weighted by Crippen LogP contribution is 2.15. The zero-order valence-electron chi connectivity index (χ0n) is 11.9. The average molecular weight is 290 g/mol. The lowest BCUT2D eigenvalue weighted by molar-refractivity contribution is -0.121. The zero-order valence-corrected chi connectivity index (χ0v) is 12.7. The summed E-state index contributed by atoms with van der Waals surface area (Å²) in [5.74, 6) is 0.956. The molecule has 110 valence electrons. The van der Waals surface area contributed by atoms with Gasteiger partial charge in [-0.15, -0.1) is 12.4 Å². The molecule has 0 spiro atoms. The van der Waals surface area contributed by atoms with Crippen LogP contribution in [0.5, 0.6) is 0 Å². The van der Waals surface area contributed by atoms with Crippen LogP contribution in [-0.4, -0.2) is 24.7 Å². The molecule has 1 aromatic rings. The molecular weight excluding hydrogens is 266 g/mol. The standard InChI is InChI=1S/C13H23N3O2.ClH/c1-4-11-10(12(5-2)18-16-11)9-15-13(17)7-6-8-14-3;/h14H,4-9H2,1-3H3,(H,15,17);1H. The van der Waals surface area contributed by atoms with E-state index in [1.807, 2.05) is 20.9 Å². The summed E-state index contributed by atoms with van der Waals surface area (Å²) in [6, 6.07) is 0. The number of aryl methyl sites for hydroxylation is 2. The molecule has 1 heterocycles. The molecule has 0 atom stereocenters. The Morgan fingerprint density at radius 2 is 2.05 bits per heavy atom. The lowest BCUT2D eigenvalue weighted by atomic mass is 10.1. The van der Waals surface area contributed by atoms with E-state index in [1.54, 1.807) is 0 Å². The van der Waals surface area contributed by atoms with E-state index in [4.69, 9.17) is 4.52 Å². The molecule has 0 saturated heterocycles. The molecule has 2 N–H and O–H groups in total. The summed E-state index contributed by atoms with van der Waals surface area (Å²) in [7, 11) is 1.89. The van der Waals surface area contributed by atoms with Crippen molar-refractivity contribution in [2.75, 3.05) is 13.6 Å². The summed E-state index contributed by atoms with van der Waals surface area (Å²) in [6.07, 6.45) is 3.04. The molecule has 0 aromatic carbocycles. The van der Waals surface area contributed by atoms with Crippen LogP contribution >= 0.6 is 12.4 Å². The van der Waals surface area contributed by atoms with Crippen LogP contribution in [0.25, 0.3) is 0 Å². The maximum absolute atomic E-state index is 11.6. The van der Waals surface area contributed by atoms with Gasteiger partial charge in [0.25, 0.3) is 0 Å². The first-order valence-electron chi connectivity index (χ1n) is 6.60. The van der Waals surface area contributed by atoms with Crippen LogP contribution in [0.15, 0.2) is 4.52 Å². The SMILES string of the molecule is CCc1noc(CC)c1CNC(=O)CCCNC.Cl. The van der Waals surface area contributed by atoms with E-state index in [-0.39, 0.29) is 18.3 Å². The van der Waals surface area contributed by atoms with Gasteiger partial charge in [-0.2, -0.15) is 0 Å². The first-order valence-corrected chi connectivity index (χ1v) is 6.60. The van der Waals surface area contributed by atoms with E-state index >= 15 is 0 Å². The van der Waals surface area contributed by atoms with Crippen LogP contribution in [0.1, 0.15) is 43.7 Å². The Hall–Kier alpha value is -1.07. The Kier molecular flexibility index (Phi) is 9.26. The number of carbonyl (C=O) groups excluding carboxylic acids is 1. The van der Waals surface area contributed by atoms with Crippen LogP contribution in [-0.2, 0) is 24.2 Å². The van der Waals surface area contributed by atoms with Crippen LogP contribution in [0.3, 0.4) is 0 Å². The van der Waals surface area contributed by atoms with Crippen LogP contribution in [0.4, 0.5) is 0 Å². The smallest absolute Gasteiger partial charge is 0.220 e. The summed E-state index contributed by atoms with van der Waals surface area (Å²) < 4.78 is 5.26. The van der Waals surface area contributed by atoms with Crippen molar-refractivity contribution in [2.24, 2.45) is 0 Å². The van der Waals surface area contributed by atoms with E-state index in [1.165, 1.54) is 0 Å². The van der Waals surface area contributed by atoms with Crippen LogP contribution < -0.4 is 10.6 Å². The maximum Gasteiger partial charge on any atom is 0.220 e. The molecule has 0 aliphatic carbocycles. The van der Waals surface area contributed by atoms with Gasteiger partial charge in [0.2, 0.25) is 5.91 Å². The average Bonchev–Trinajstić information content (AvgIpc) is 2.78. The molecule has 6 heteroatoms. The van der Waals surface area contributed by atoms with Crippen molar-refractivity contribution >= 4 is 18.3 Å². The minimum atomic E-state index is 0. The number of nitrogens with one attached hydrogen (secondary N) is 2. The number of hydrogen-bond acceptors (Lipinski definition) is 4. The monoisotopic (exact) mass is 289 g/mol. The molecule has 0 aliphatic heterocycles. The highest BCUT2D eigenvalue weighted by molar-refractivity contribution is 5.85. The molecule has 0 bridgehead atoms. The second kappa shape index (κ2) is 9.81. The predicted molar refractivity (Wildman–Crippen MR) is 77.5 cm³/mol. The van der Waals surface area contributed by atoms with Gasteiger partial charge in [0, 0.05) is 24.9 Å². The van der Waals surface area contributed by atoms with E-state index in [0.717, 1.165) is 42.8 Å². The molecule has 0 saturated carbocycles. The highest BCUT2D eigenvalue weighted by Gasteiger charge is 2.13. The quantitative estimate of drug-likeness (QED) is 0.717. The molecule has 19 heavy (non-hydrogen) atoms. The van der Waals surface area contributed by atoms with Crippen molar-refractivity contribution < 1.29 is 9.32 Å². The number of aromatic nitrogens is 1. The molecule has 0 fully saturated rings. The molecule has 1 aromatic heterocycles. The summed E-state index contributed by atoms with van der Waals surface area (Å²) in [5, 5.41) is 9.97. The summed E-state index contributed by atoms with van der Waals surface area (Å²) in [6.45, 7) is 5.45. The van der Waals surface area contributed by atoms with Gasteiger partial charge in [-0.25, -0.2) is 0 Å².